The number of hydrogen-bond acceptors (Lipinski definition) is 3. The highest BCUT2D eigenvalue weighted by Crippen LogP contribution is 2.33. The zero-order valence-electron chi connectivity index (χ0n) is 11.5. The summed E-state index contributed by atoms with van der Waals surface area (Å²) in [6, 6.07) is 8.01. The van der Waals surface area contributed by atoms with Gasteiger partial charge >= 0.3 is 0 Å². The van der Waals surface area contributed by atoms with Crippen molar-refractivity contribution >= 4 is 17.7 Å². The van der Waals surface area contributed by atoms with Crippen LogP contribution in [0.25, 0.3) is 0 Å². The van der Waals surface area contributed by atoms with Gasteiger partial charge in [0.1, 0.15) is 18.3 Å². The smallest absolute Gasteiger partial charge is 0.231 e. The van der Waals surface area contributed by atoms with Crippen molar-refractivity contribution in [3.63, 3.8) is 0 Å². The summed E-state index contributed by atoms with van der Waals surface area (Å²) >= 11 is 1.91. The Labute approximate surface area is 119 Å². The van der Waals surface area contributed by atoms with E-state index in [1.807, 2.05) is 36.0 Å². The molecule has 19 heavy (non-hydrogen) atoms. The number of carbonyl (C=O) groups is 1. The largest absolute Gasteiger partial charge is 0.492 e. The number of thioether (sulfide) groups is 1. The van der Waals surface area contributed by atoms with Crippen molar-refractivity contribution in [1.29, 1.82) is 0 Å². The molecule has 2 rings (SSSR count). The zero-order chi connectivity index (χ0) is 13.7. The highest BCUT2D eigenvalue weighted by atomic mass is 32.2. The van der Waals surface area contributed by atoms with Crippen LogP contribution in [0.3, 0.4) is 0 Å². The first kappa shape index (κ1) is 14.3. The van der Waals surface area contributed by atoms with E-state index < -0.39 is 0 Å². The third kappa shape index (κ3) is 3.66. The molecule has 1 aliphatic heterocycles. The Hall–Kier alpha value is -1.16. The molecule has 0 radical (unpaired) electrons. The Bertz CT molecular complexity index is 436. The molecule has 0 aliphatic carbocycles. The molecule has 2 atom stereocenters. The molecule has 1 aromatic carbocycles. The van der Waals surface area contributed by atoms with Crippen LogP contribution in [-0.4, -0.2) is 30.1 Å². The van der Waals surface area contributed by atoms with Crippen LogP contribution in [0.15, 0.2) is 24.3 Å². The van der Waals surface area contributed by atoms with Gasteiger partial charge in [-0.1, -0.05) is 25.1 Å². The van der Waals surface area contributed by atoms with E-state index in [4.69, 9.17) is 4.74 Å². The second kappa shape index (κ2) is 6.85. The summed E-state index contributed by atoms with van der Waals surface area (Å²) in [7, 11) is 0. The minimum absolute atomic E-state index is 0.0824. The number of ether oxygens (including phenoxy) is 1. The summed E-state index contributed by atoms with van der Waals surface area (Å²) in [5.41, 5.74) is 1.01. The second-order valence-corrected chi connectivity index (χ2v) is 6.19. The van der Waals surface area contributed by atoms with Crippen molar-refractivity contribution in [2.45, 2.75) is 32.2 Å². The van der Waals surface area contributed by atoms with Crippen LogP contribution < -0.4 is 10.1 Å². The molecule has 3 nitrogen and oxygen atoms in total. The molecule has 1 aliphatic rings. The monoisotopic (exact) mass is 279 g/mol. The van der Waals surface area contributed by atoms with Gasteiger partial charge in [-0.25, -0.2) is 0 Å². The predicted octanol–water partition coefficient (Wildman–Crippen LogP) is 2.81. The fourth-order valence-electron chi connectivity index (χ4n) is 2.20. The Morgan fingerprint density at radius 2 is 2.32 bits per heavy atom. The molecule has 0 bridgehead atoms. The highest BCUT2D eigenvalue weighted by molar-refractivity contribution is 7.99. The van der Waals surface area contributed by atoms with Crippen LogP contribution in [-0.2, 0) is 4.79 Å². The molecule has 0 saturated carbocycles. The number of carbonyl (C=O) groups excluding carboxylic acids is 1. The number of benzene rings is 1. The maximum Gasteiger partial charge on any atom is 0.231 e. The van der Waals surface area contributed by atoms with E-state index in [-0.39, 0.29) is 17.9 Å². The molecule has 0 aromatic heterocycles. The topological polar surface area (TPSA) is 38.3 Å². The lowest BCUT2D eigenvalue weighted by molar-refractivity contribution is -0.123. The van der Waals surface area contributed by atoms with Gasteiger partial charge in [0.05, 0.1) is 0 Å². The fourth-order valence-corrected chi connectivity index (χ4v) is 3.01. The van der Waals surface area contributed by atoms with Crippen molar-refractivity contribution in [2.75, 3.05) is 18.1 Å². The molecule has 0 unspecified atom stereocenters. The zero-order valence-corrected chi connectivity index (χ0v) is 12.3. The third-order valence-electron chi connectivity index (χ3n) is 3.30. The van der Waals surface area contributed by atoms with Crippen LogP contribution >= 0.6 is 11.8 Å². The first-order valence-corrected chi connectivity index (χ1v) is 7.97. The number of nitrogens with one attached hydrogen (secondary N) is 1. The Kier molecular flexibility index (Phi) is 5.14. The molecular formula is C15H21NO2S. The van der Waals surface area contributed by atoms with Crippen LogP contribution in [0.5, 0.6) is 5.75 Å². The second-order valence-electron chi connectivity index (χ2n) is 4.80. The summed E-state index contributed by atoms with van der Waals surface area (Å²) in [6.45, 7) is 4.68. The Morgan fingerprint density at radius 1 is 1.53 bits per heavy atom. The molecule has 104 valence electrons. The first-order chi connectivity index (χ1) is 9.22. The molecule has 0 saturated heterocycles. The van der Waals surface area contributed by atoms with Gasteiger partial charge in [0.2, 0.25) is 5.91 Å². The average Bonchev–Trinajstić information content (AvgIpc) is 2.83. The maximum atomic E-state index is 12.3. The SMILES string of the molecule is CCSCC[C@H](C)NC(=O)[C@@H]1COc2ccccc21. The van der Waals surface area contributed by atoms with Gasteiger partial charge in [-0.15, -0.1) is 0 Å². The predicted molar refractivity (Wildman–Crippen MR) is 79.9 cm³/mol. The van der Waals surface area contributed by atoms with Crippen molar-refractivity contribution in [3.05, 3.63) is 29.8 Å². The lowest BCUT2D eigenvalue weighted by Crippen LogP contribution is -2.37. The maximum absolute atomic E-state index is 12.3. The van der Waals surface area contributed by atoms with Gasteiger partial charge < -0.3 is 10.1 Å². The summed E-state index contributed by atoms with van der Waals surface area (Å²) in [4.78, 5) is 12.3. The summed E-state index contributed by atoms with van der Waals surface area (Å²) < 4.78 is 5.55. The van der Waals surface area contributed by atoms with E-state index in [2.05, 4.69) is 19.2 Å². The first-order valence-electron chi connectivity index (χ1n) is 6.82. The van der Waals surface area contributed by atoms with Gasteiger partial charge in [0, 0.05) is 11.6 Å². The molecule has 1 aromatic rings. The molecule has 1 amide bonds. The quantitative estimate of drug-likeness (QED) is 0.814. The molecule has 1 heterocycles. The van der Waals surface area contributed by atoms with E-state index >= 15 is 0 Å². The van der Waals surface area contributed by atoms with E-state index in [9.17, 15) is 4.79 Å². The lowest BCUT2D eigenvalue weighted by atomic mass is 10.00. The van der Waals surface area contributed by atoms with Gasteiger partial charge in [-0.2, -0.15) is 11.8 Å². The number of fused-ring (bicyclic) bond motifs is 1. The number of amides is 1. The van der Waals surface area contributed by atoms with Crippen molar-refractivity contribution < 1.29 is 9.53 Å². The van der Waals surface area contributed by atoms with E-state index in [1.165, 1.54) is 0 Å². The number of para-hydroxylation sites is 1. The number of rotatable bonds is 6. The molecule has 4 heteroatoms. The van der Waals surface area contributed by atoms with Crippen LogP contribution in [0, 0.1) is 0 Å². The standard InChI is InChI=1S/C15H21NO2S/c1-3-19-9-8-11(2)16-15(17)13-10-18-14-7-5-4-6-12(13)14/h4-7,11,13H,3,8-10H2,1-2H3,(H,16,17)/t11-,13+/m0/s1. The van der Waals surface area contributed by atoms with Crippen LogP contribution in [0.1, 0.15) is 31.7 Å². The Balaban J connectivity index is 1.88. The molecular weight excluding hydrogens is 258 g/mol. The number of hydrogen-bond donors (Lipinski definition) is 1. The van der Waals surface area contributed by atoms with E-state index in [0.717, 1.165) is 29.2 Å². The van der Waals surface area contributed by atoms with Gasteiger partial charge in [-0.05, 0) is 30.9 Å². The van der Waals surface area contributed by atoms with Gasteiger partial charge in [0.15, 0.2) is 0 Å². The fraction of sp³-hybridized carbons (Fsp3) is 0.533. The third-order valence-corrected chi connectivity index (χ3v) is 4.24. The van der Waals surface area contributed by atoms with Gasteiger partial charge in [0.25, 0.3) is 0 Å². The summed E-state index contributed by atoms with van der Waals surface area (Å²) in [6.07, 6.45) is 1.01. The average molecular weight is 279 g/mol. The van der Waals surface area contributed by atoms with Crippen LogP contribution in [0.2, 0.25) is 0 Å². The van der Waals surface area contributed by atoms with Crippen molar-refractivity contribution in [2.24, 2.45) is 0 Å². The van der Waals surface area contributed by atoms with Crippen LogP contribution in [0.4, 0.5) is 0 Å². The van der Waals surface area contributed by atoms with Gasteiger partial charge in [-0.3, -0.25) is 4.79 Å². The van der Waals surface area contributed by atoms with Crippen molar-refractivity contribution in [3.8, 4) is 5.75 Å². The molecule has 1 N–H and O–H groups in total. The highest BCUT2D eigenvalue weighted by Gasteiger charge is 2.30. The molecule has 0 fully saturated rings. The summed E-state index contributed by atoms with van der Waals surface area (Å²) in [5.74, 6) is 2.99. The Morgan fingerprint density at radius 3 is 3.11 bits per heavy atom. The lowest BCUT2D eigenvalue weighted by Gasteiger charge is -2.16. The van der Waals surface area contributed by atoms with E-state index in [1.54, 1.807) is 0 Å². The summed E-state index contributed by atoms with van der Waals surface area (Å²) in [5, 5.41) is 3.09. The van der Waals surface area contributed by atoms with E-state index in [0.29, 0.717) is 6.61 Å². The van der Waals surface area contributed by atoms with Crippen molar-refractivity contribution in [1.82, 2.24) is 5.32 Å². The normalized spacial score (nSPS) is 18.5. The minimum Gasteiger partial charge on any atom is -0.492 e. The minimum atomic E-state index is -0.155. The molecule has 0 spiro atoms.